The Kier molecular flexibility index (Phi) is 3.00. The van der Waals surface area contributed by atoms with Crippen LogP contribution in [0.25, 0.3) is 0 Å². The van der Waals surface area contributed by atoms with Gasteiger partial charge >= 0.3 is 6.18 Å². The van der Waals surface area contributed by atoms with Crippen molar-refractivity contribution in [3.63, 3.8) is 0 Å². The predicted octanol–water partition coefficient (Wildman–Crippen LogP) is 1.42. The van der Waals surface area contributed by atoms with Gasteiger partial charge in [0.1, 0.15) is 6.04 Å². The van der Waals surface area contributed by atoms with E-state index in [1.807, 2.05) is 0 Å². The van der Waals surface area contributed by atoms with Crippen LogP contribution in [0.4, 0.5) is 18.9 Å². The first kappa shape index (κ1) is 11.2. The third kappa shape index (κ3) is 2.27. The maximum Gasteiger partial charge on any atom is 0.409 e. The second kappa shape index (κ2) is 4.29. The molecule has 16 heavy (non-hydrogen) atoms. The van der Waals surface area contributed by atoms with Crippen LogP contribution in [-0.4, -0.2) is 36.8 Å². The summed E-state index contributed by atoms with van der Waals surface area (Å²) in [6, 6.07) is 1.75. The lowest BCUT2D eigenvalue weighted by Crippen LogP contribution is -2.58. The number of rotatable bonds is 1. The van der Waals surface area contributed by atoms with Gasteiger partial charge < -0.3 is 10.2 Å². The van der Waals surface area contributed by atoms with Crippen molar-refractivity contribution in [2.75, 3.05) is 24.5 Å². The van der Waals surface area contributed by atoms with E-state index in [4.69, 9.17) is 0 Å². The van der Waals surface area contributed by atoms with E-state index in [1.165, 1.54) is 17.3 Å². The van der Waals surface area contributed by atoms with Crippen LogP contribution >= 0.6 is 0 Å². The standard InChI is InChI=1S/C10H12F3N3/c11-10(12,13)9-7-15-5-6-16(9)8-1-3-14-4-2-8/h1-4,9,15H,5-7H2. The summed E-state index contributed by atoms with van der Waals surface area (Å²) >= 11 is 0. The molecule has 1 aromatic heterocycles. The lowest BCUT2D eigenvalue weighted by atomic mass is 10.1. The molecular weight excluding hydrogens is 219 g/mol. The largest absolute Gasteiger partial charge is 0.409 e. The number of nitrogens with one attached hydrogen (secondary N) is 1. The van der Waals surface area contributed by atoms with E-state index in [1.54, 1.807) is 12.1 Å². The number of aromatic nitrogens is 1. The van der Waals surface area contributed by atoms with Crippen molar-refractivity contribution in [2.45, 2.75) is 12.2 Å². The molecule has 6 heteroatoms. The quantitative estimate of drug-likeness (QED) is 0.792. The van der Waals surface area contributed by atoms with E-state index in [9.17, 15) is 13.2 Å². The Morgan fingerprint density at radius 1 is 1.31 bits per heavy atom. The molecular formula is C10H12F3N3. The number of anilines is 1. The zero-order valence-corrected chi connectivity index (χ0v) is 8.54. The third-order valence-electron chi connectivity index (χ3n) is 2.62. The molecule has 0 spiro atoms. The molecule has 0 amide bonds. The molecule has 1 saturated heterocycles. The molecule has 0 bridgehead atoms. The van der Waals surface area contributed by atoms with Crippen molar-refractivity contribution in [1.29, 1.82) is 0 Å². The van der Waals surface area contributed by atoms with Crippen molar-refractivity contribution >= 4 is 5.69 Å². The highest BCUT2D eigenvalue weighted by Gasteiger charge is 2.44. The Labute approximate surface area is 91.3 Å². The Morgan fingerprint density at radius 2 is 2.00 bits per heavy atom. The Hall–Kier alpha value is -1.30. The molecule has 0 aromatic carbocycles. The molecule has 1 N–H and O–H groups in total. The monoisotopic (exact) mass is 231 g/mol. The molecule has 1 unspecified atom stereocenters. The highest BCUT2D eigenvalue weighted by atomic mass is 19.4. The fraction of sp³-hybridized carbons (Fsp3) is 0.500. The van der Waals surface area contributed by atoms with Crippen molar-refractivity contribution in [1.82, 2.24) is 10.3 Å². The molecule has 1 fully saturated rings. The zero-order valence-electron chi connectivity index (χ0n) is 8.54. The number of alkyl halides is 3. The van der Waals surface area contributed by atoms with Gasteiger partial charge in [-0.3, -0.25) is 4.98 Å². The average molecular weight is 231 g/mol. The lowest BCUT2D eigenvalue weighted by Gasteiger charge is -2.38. The molecule has 88 valence electrons. The van der Waals surface area contributed by atoms with Gasteiger partial charge in [-0.1, -0.05) is 0 Å². The number of hydrogen-bond donors (Lipinski definition) is 1. The molecule has 0 radical (unpaired) electrons. The van der Waals surface area contributed by atoms with Crippen LogP contribution in [0, 0.1) is 0 Å². The van der Waals surface area contributed by atoms with Gasteiger partial charge in [0.15, 0.2) is 0 Å². The summed E-state index contributed by atoms with van der Waals surface area (Å²) < 4.78 is 38.3. The third-order valence-corrected chi connectivity index (χ3v) is 2.62. The normalized spacial score (nSPS) is 22.2. The summed E-state index contributed by atoms with van der Waals surface area (Å²) in [7, 11) is 0. The molecule has 1 aliphatic heterocycles. The zero-order chi connectivity index (χ0) is 11.6. The van der Waals surface area contributed by atoms with Crippen molar-refractivity contribution < 1.29 is 13.2 Å². The minimum Gasteiger partial charge on any atom is -0.357 e. The van der Waals surface area contributed by atoms with E-state index < -0.39 is 12.2 Å². The molecule has 1 aliphatic rings. The number of pyridine rings is 1. The molecule has 3 nitrogen and oxygen atoms in total. The van der Waals surface area contributed by atoms with E-state index in [0.29, 0.717) is 18.8 Å². The van der Waals surface area contributed by atoms with Crippen LogP contribution in [-0.2, 0) is 0 Å². The first-order valence-corrected chi connectivity index (χ1v) is 5.03. The minimum absolute atomic E-state index is 0.0637. The van der Waals surface area contributed by atoms with Crippen molar-refractivity contribution in [2.24, 2.45) is 0 Å². The highest BCUT2D eigenvalue weighted by molar-refractivity contribution is 5.46. The second-order valence-corrected chi connectivity index (χ2v) is 3.66. The first-order chi connectivity index (χ1) is 7.59. The lowest BCUT2D eigenvalue weighted by molar-refractivity contribution is -0.149. The summed E-state index contributed by atoms with van der Waals surface area (Å²) in [5.74, 6) is 0. The van der Waals surface area contributed by atoms with Crippen LogP contribution < -0.4 is 10.2 Å². The van der Waals surface area contributed by atoms with Gasteiger partial charge in [-0.05, 0) is 12.1 Å². The smallest absolute Gasteiger partial charge is 0.357 e. The van der Waals surface area contributed by atoms with E-state index in [0.717, 1.165) is 0 Å². The highest BCUT2D eigenvalue weighted by Crippen LogP contribution is 2.29. The predicted molar refractivity (Wildman–Crippen MR) is 54.3 cm³/mol. The maximum absolute atomic E-state index is 12.8. The number of nitrogens with zero attached hydrogens (tertiary/aromatic N) is 2. The average Bonchev–Trinajstić information content (AvgIpc) is 2.29. The maximum atomic E-state index is 12.8. The van der Waals surface area contributed by atoms with Gasteiger partial charge in [0.05, 0.1) is 0 Å². The summed E-state index contributed by atoms with van der Waals surface area (Å²) in [4.78, 5) is 5.18. The Morgan fingerprint density at radius 3 is 2.62 bits per heavy atom. The molecule has 1 aromatic rings. The number of hydrogen-bond acceptors (Lipinski definition) is 3. The number of halogens is 3. The topological polar surface area (TPSA) is 28.2 Å². The van der Waals surface area contributed by atoms with Gasteiger partial charge in [0.2, 0.25) is 0 Å². The minimum atomic E-state index is -4.21. The van der Waals surface area contributed by atoms with E-state index >= 15 is 0 Å². The van der Waals surface area contributed by atoms with Gasteiger partial charge in [-0.2, -0.15) is 13.2 Å². The van der Waals surface area contributed by atoms with Crippen LogP contribution in [0.2, 0.25) is 0 Å². The van der Waals surface area contributed by atoms with Gasteiger partial charge in [-0.15, -0.1) is 0 Å². The van der Waals surface area contributed by atoms with E-state index in [2.05, 4.69) is 10.3 Å². The van der Waals surface area contributed by atoms with Crippen LogP contribution in [0.15, 0.2) is 24.5 Å². The SMILES string of the molecule is FC(F)(F)C1CNCCN1c1ccncc1. The van der Waals surface area contributed by atoms with Gasteiger partial charge in [-0.25, -0.2) is 0 Å². The molecule has 0 aliphatic carbocycles. The van der Waals surface area contributed by atoms with Crippen LogP contribution in [0.5, 0.6) is 0 Å². The number of piperazine rings is 1. The fourth-order valence-electron chi connectivity index (χ4n) is 1.84. The Bertz CT molecular complexity index is 339. The van der Waals surface area contributed by atoms with Gasteiger partial charge in [0.25, 0.3) is 0 Å². The second-order valence-electron chi connectivity index (χ2n) is 3.66. The van der Waals surface area contributed by atoms with Crippen molar-refractivity contribution in [3.8, 4) is 0 Å². The van der Waals surface area contributed by atoms with Crippen LogP contribution in [0.1, 0.15) is 0 Å². The molecule has 2 rings (SSSR count). The summed E-state index contributed by atoms with van der Waals surface area (Å²) in [5.41, 5.74) is 0.568. The van der Waals surface area contributed by atoms with E-state index in [-0.39, 0.29) is 6.54 Å². The summed E-state index contributed by atoms with van der Waals surface area (Å²) in [6.07, 6.45) is -1.20. The first-order valence-electron chi connectivity index (χ1n) is 5.03. The summed E-state index contributed by atoms with van der Waals surface area (Å²) in [5, 5.41) is 2.76. The molecule has 0 saturated carbocycles. The van der Waals surface area contributed by atoms with Gasteiger partial charge in [0, 0.05) is 37.7 Å². The molecule has 2 heterocycles. The summed E-state index contributed by atoms with van der Waals surface area (Å²) in [6.45, 7) is 0.856. The molecule has 1 atom stereocenters. The van der Waals surface area contributed by atoms with Crippen LogP contribution in [0.3, 0.4) is 0 Å². The fourth-order valence-corrected chi connectivity index (χ4v) is 1.84. The van der Waals surface area contributed by atoms with Crippen molar-refractivity contribution in [3.05, 3.63) is 24.5 Å². The Balaban J connectivity index is 2.24.